The minimum atomic E-state index is -0.282. The maximum atomic E-state index is 12.2. The zero-order valence-electron chi connectivity index (χ0n) is 12.4. The topological polar surface area (TPSA) is 75.4 Å². The van der Waals surface area contributed by atoms with Gasteiger partial charge in [-0.3, -0.25) is 4.79 Å². The monoisotopic (exact) mass is 308 g/mol. The van der Waals surface area contributed by atoms with Crippen LogP contribution in [0, 0.1) is 5.41 Å². The molecule has 2 aromatic rings. The second-order valence-corrected chi connectivity index (χ2v) is 6.91. The Morgan fingerprint density at radius 3 is 2.86 bits per heavy atom. The lowest BCUT2D eigenvalue weighted by atomic mass is 9.85. The highest BCUT2D eigenvalue weighted by Gasteiger charge is 2.27. The van der Waals surface area contributed by atoms with Crippen molar-refractivity contribution < 1.29 is 14.4 Å². The van der Waals surface area contributed by atoms with Crippen molar-refractivity contribution in [2.75, 3.05) is 6.61 Å². The molecule has 2 aromatic heterocycles. The van der Waals surface area contributed by atoms with E-state index in [0.29, 0.717) is 12.2 Å². The fourth-order valence-corrected chi connectivity index (χ4v) is 2.67. The highest BCUT2D eigenvalue weighted by molar-refractivity contribution is 7.13. The van der Waals surface area contributed by atoms with Crippen molar-refractivity contribution in [3.63, 3.8) is 0 Å². The molecular weight excluding hydrogens is 288 g/mol. The Hall–Kier alpha value is -1.66. The summed E-state index contributed by atoms with van der Waals surface area (Å²) in [5.41, 5.74) is 0.115. The molecular formula is C15H20N2O3S. The van der Waals surface area contributed by atoms with Crippen molar-refractivity contribution in [1.82, 2.24) is 10.5 Å². The van der Waals surface area contributed by atoms with Gasteiger partial charge >= 0.3 is 0 Å². The number of nitrogens with zero attached hydrogens (tertiary/aromatic N) is 1. The van der Waals surface area contributed by atoms with Crippen molar-refractivity contribution in [3.8, 4) is 10.6 Å². The number of carbonyl (C=O) groups excluding carboxylic acids is 1. The number of amides is 1. The number of aromatic nitrogens is 1. The molecule has 0 aromatic carbocycles. The Morgan fingerprint density at radius 2 is 2.29 bits per heavy atom. The van der Waals surface area contributed by atoms with Gasteiger partial charge in [0.15, 0.2) is 11.5 Å². The summed E-state index contributed by atoms with van der Waals surface area (Å²) < 4.78 is 5.21. The van der Waals surface area contributed by atoms with Crippen molar-refractivity contribution in [1.29, 1.82) is 0 Å². The second kappa shape index (κ2) is 6.41. The van der Waals surface area contributed by atoms with E-state index in [-0.39, 0.29) is 29.7 Å². The highest BCUT2D eigenvalue weighted by Crippen LogP contribution is 2.26. The van der Waals surface area contributed by atoms with Crippen LogP contribution in [0.2, 0.25) is 0 Å². The van der Waals surface area contributed by atoms with Gasteiger partial charge in [-0.05, 0) is 23.3 Å². The van der Waals surface area contributed by atoms with Gasteiger partial charge in [-0.15, -0.1) is 11.3 Å². The van der Waals surface area contributed by atoms with Gasteiger partial charge in [0, 0.05) is 18.7 Å². The van der Waals surface area contributed by atoms with Crippen LogP contribution < -0.4 is 5.32 Å². The fraction of sp³-hybridized carbons (Fsp3) is 0.467. The summed E-state index contributed by atoms with van der Waals surface area (Å²) in [7, 11) is 0. The van der Waals surface area contributed by atoms with E-state index in [9.17, 15) is 4.79 Å². The molecule has 0 saturated carbocycles. The number of hydrogen-bond acceptors (Lipinski definition) is 5. The first kappa shape index (κ1) is 15.7. The van der Waals surface area contributed by atoms with Crippen LogP contribution in [-0.2, 0) is 0 Å². The molecule has 0 fully saturated rings. The molecule has 0 spiro atoms. The third kappa shape index (κ3) is 3.92. The fourth-order valence-electron chi connectivity index (χ4n) is 2.00. The predicted octanol–water partition coefficient (Wildman–Crippen LogP) is 2.93. The highest BCUT2D eigenvalue weighted by atomic mass is 32.1. The molecule has 21 heavy (non-hydrogen) atoms. The number of aliphatic hydroxyl groups excluding tert-OH is 1. The summed E-state index contributed by atoms with van der Waals surface area (Å²) >= 11 is 1.53. The summed E-state index contributed by atoms with van der Waals surface area (Å²) in [4.78, 5) is 13.2. The molecule has 6 heteroatoms. The van der Waals surface area contributed by atoms with E-state index in [4.69, 9.17) is 9.63 Å². The van der Waals surface area contributed by atoms with E-state index >= 15 is 0 Å². The lowest BCUT2D eigenvalue weighted by Gasteiger charge is -2.30. The second-order valence-electron chi connectivity index (χ2n) is 5.96. The van der Waals surface area contributed by atoms with Crippen LogP contribution in [0.5, 0.6) is 0 Å². The van der Waals surface area contributed by atoms with Crippen molar-refractivity contribution in [2.45, 2.75) is 33.2 Å². The normalized spacial score (nSPS) is 13.1. The first-order valence-electron chi connectivity index (χ1n) is 6.84. The van der Waals surface area contributed by atoms with Crippen LogP contribution in [0.15, 0.2) is 28.1 Å². The van der Waals surface area contributed by atoms with Gasteiger partial charge in [-0.25, -0.2) is 0 Å². The van der Waals surface area contributed by atoms with Crippen LogP contribution in [0.4, 0.5) is 0 Å². The van der Waals surface area contributed by atoms with Gasteiger partial charge < -0.3 is 14.9 Å². The molecule has 0 bridgehead atoms. The van der Waals surface area contributed by atoms with E-state index in [1.54, 1.807) is 6.07 Å². The third-order valence-corrected chi connectivity index (χ3v) is 4.16. The Bertz CT molecular complexity index is 584. The molecule has 1 unspecified atom stereocenters. The largest absolute Gasteiger partial charge is 0.396 e. The predicted molar refractivity (Wildman–Crippen MR) is 82.2 cm³/mol. The smallest absolute Gasteiger partial charge is 0.273 e. The number of aliphatic hydroxyl groups is 1. The summed E-state index contributed by atoms with van der Waals surface area (Å²) in [5, 5.41) is 17.8. The first-order chi connectivity index (χ1) is 9.91. The SMILES string of the molecule is CC(C)(C)C(CCO)NC(=O)c1cc(-c2cccs2)on1. The van der Waals surface area contributed by atoms with E-state index in [0.717, 1.165) is 4.88 Å². The van der Waals surface area contributed by atoms with Gasteiger partial charge in [0.05, 0.1) is 4.88 Å². The molecule has 114 valence electrons. The minimum absolute atomic E-state index is 0.0292. The molecule has 0 radical (unpaired) electrons. The van der Waals surface area contributed by atoms with Crippen LogP contribution in [0.3, 0.4) is 0 Å². The standard InChI is InChI=1S/C15H20N2O3S/c1-15(2,3)13(6-7-18)16-14(19)10-9-11(20-17-10)12-5-4-8-21-12/h4-5,8-9,13,18H,6-7H2,1-3H3,(H,16,19). The number of hydrogen-bond donors (Lipinski definition) is 2. The zero-order chi connectivity index (χ0) is 15.5. The van der Waals surface area contributed by atoms with Gasteiger partial charge in [-0.1, -0.05) is 32.0 Å². The van der Waals surface area contributed by atoms with Crippen molar-refractivity contribution >= 4 is 17.2 Å². The molecule has 1 amide bonds. The van der Waals surface area contributed by atoms with E-state index in [1.165, 1.54) is 11.3 Å². The van der Waals surface area contributed by atoms with Crippen molar-refractivity contribution in [3.05, 3.63) is 29.3 Å². The molecule has 5 nitrogen and oxygen atoms in total. The number of nitrogens with one attached hydrogen (secondary N) is 1. The van der Waals surface area contributed by atoms with Crippen LogP contribution in [0.25, 0.3) is 10.6 Å². The molecule has 0 saturated heterocycles. The van der Waals surface area contributed by atoms with Crippen LogP contribution in [-0.4, -0.2) is 28.8 Å². The number of carbonyl (C=O) groups is 1. The molecule has 2 rings (SSSR count). The van der Waals surface area contributed by atoms with Gasteiger partial charge in [0.25, 0.3) is 5.91 Å². The van der Waals surface area contributed by atoms with E-state index < -0.39 is 0 Å². The summed E-state index contributed by atoms with van der Waals surface area (Å²) in [5.74, 6) is 0.305. The maximum Gasteiger partial charge on any atom is 0.273 e. The number of thiophene rings is 1. The summed E-state index contributed by atoms with van der Waals surface area (Å²) in [6.45, 7) is 6.09. The molecule has 0 aliphatic carbocycles. The zero-order valence-corrected chi connectivity index (χ0v) is 13.2. The third-order valence-electron chi connectivity index (χ3n) is 3.28. The Kier molecular flexibility index (Phi) is 4.80. The molecule has 0 aliphatic heterocycles. The molecule has 0 aliphatic rings. The Labute approximate surface area is 128 Å². The van der Waals surface area contributed by atoms with Crippen LogP contribution in [0.1, 0.15) is 37.7 Å². The lowest BCUT2D eigenvalue weighted by Crippen LogP contribution is -2.44. The van der Waals surface area contributed by atoms with E-state index in [1.807, 2.05) is 38.3 Å². The van der Waals surface area contributed by atoms with Gasteiger partial charge in [-0.2, -0.15) is 0 Å². The van der Waals surface area contributed by atoms with Crippen molar-refractivity contribution in [2.24, 2.45) is 5.41 Å². The Morgan fingerprint density at radius 1 is 1.52 bits per heavy atom. The van der Waals surface area contributed by atoms with Crippen LogP contribution >= 0.6 is 11.3 Å². The average molecular weight is 308 g/mol. The Balaban J connectivity index is 2.09. The molecule has 2 N–H and O–H groups in total. The van der Waals surface area contributed by atoms with E-state index in [2.05, 4.69) is 10.5 Å². The van der Waals surface area contributed by atoms with Gasteiger partial charge in [0.1, 0.15) is 0 Å². The average Bonchev–Trinajstić information content (AvgIpc) is 3.07. The van der Waals surface area contributed by atoms with Gasteiger partial charge in [0.2, 0.25) is 0 Å². The quantitative estimate of drug-likeness (QED) is 0.890. The number of rotatable bonds is 5. The first-order valence-corrected chi connectivity index (χ1v) is 7.72. The minimum Gasteiger partial charge on any atom is -0.396 e. The summed E-state index contributed by atoms with van der Waals surface area (Å²) in [6.07, 6.45) is 0.505. The lowest BCUT2D eigenvalue weighted by molar-refractivity contribution is 0.0876. The maximum absolute atomic E-state index is 12.2. The summed E-state index contributed by atoms with van der Waals surface area (Å²) in [6, 6.07) is 5.34. The molecule has 1 atom stereocenters. The molecule has 2 heterocycles.